The van der Waals surface area contributed by atoms with Gasteiger partial charge in [0.05, 0.1) is 11.7 Å². The summed E-state index contributed by atoms with van der Waals surface area (Å²) in [5.41, 5.74) is 2.07. The summed E-state index contributed by atoms with van der Waals surface area (Å²) in [7, 11) is 0. The number of fused-ring (bicyclic) bond motifs is 6. The van der Waals surface area contributed by atoms with Crippen LogP contribution in [0, 0.1) is 11.8 Å². The predicted molar refractivity (Wildman–Crippen MR) is 100 cm³/mol. The number of Topliss-reactive ketones (excluding diaryl/α,β-unsaturated/α-hetero) is 1. The van der Waals surface area contributed by atoms with Crippen LogP contribution in [0.25, 0.3) is 10.9 Å². The number of amides is 1. The van der Waals surface area contributed by atoms with Crippen LogP contribution in [-0.4, -0.2) is 33.9 Å². The number of aromatic amines is 1. The molecule has 2 bridgehead atoms. The molecule has 138 valence electrons. The Morgan fingerprint density at radius 2 is 2.04 bits per heavy atom. The molecule has 1 aromatic carbocycles. The summed E-state index contributed by atoms with van der Waals surface area (Å²) in [6.45, 7) is 8.32. The van der Waals surface area contributed by atoms with E-state index < -0.39 is 5.60 Å². The summed E-state index contributed by atoms with van der Waals surface area (Å²) < 4.78 is 5.68. The maximum Gasteiger partial charge on any atom is 0.410 e. The molecule has 1 aliphatic heterocycles. The van der Waals surface area contributed by atoms with E-state index in [1.165, 1.54) is 0 Å². The first-order valence-electron chi connectivity index (χ1n) is 9.46. The molecule has 2 aliphatic rings. The van der Waals surface area contributed by atoms with Crippen molar-refractivity contribution in [2.24, 2.45) is 11.8 Å². The van der Waals surface area contributed by atoms with Gasteiger partial charge in [0, 0.05) is 28.9 Å². The molecule has 1 aliphatic carbocycles. The molecule has 1 N–H and O–H groups in total. The molecule has 4 rings (SSSR count). The number of nitrogens with one attached hydrogen (secondary N) is 1. The van der Waals surface area contributed by atoms with E-state index in [1.807, 2.05) is 49.9 Å². The highest BCUT2D eigenvalue weighted by Crippen LogP contribution is 2.50. The van der Waals surface area contributed by atoms with Crippen LogP contribution in [0.3, 0.4) is 0 Å². The Morgan fingerprint density at radius 1 is 1.31 bits per heavy atom. The van der Waals surface area contributed by atoms with Gasteiger partial charge in [-0.3, -0.25) is 4.79 Å². The fourth-order valence-electron chi connectivity index (χ4n) is 4.66. The second kappa shape index (κ2) is 5.86. The highest BCUT2D eigenvalue weighted by Gasteiger charge is 2.50. The minimum absolute atomic E-state index is 0.0238. The topological polar surface area (TPSA) is 62.4 Å². The predicted octanol–water partition coefficient (Wildman–Crippen LogP) is 4.69. The largest absolute Gasteiger partial charge is 0.444 e. The Kier molecular flexibility index (Phi) is 3.86. The Bertz CT molecular complexity index is 877. The zero-order valence-electron chi connectivity index (χ0n) is 15.8. The molecule has 1 aromatic heterocycles. The Balaban J connectivity index is 1.86. The third-order valence-corrected chi connectivity index (χ3v) is 5.66. The number of para-hydroxylation sites is 1. The molecular weight excluding hydrogens is 328 g/mol. The second-order valence-corrected chi connectivity index (χ2v) is 8.41. The van der Waals surface area contributed by atoms with Crippen molar-refractivity contribution in [1.82, 2.24) is 9.88 Å². The first-order chi connectivity index (χ1) is 12.3. The van der Waals surface area contributed by atoms with E-state index in [4.69, 9.17) is 4.74 Å². The third kappa shape index (κ3) is 2.52. The van der Waals surface area contributed by atoms with Gasteiger partial charge in [-0.25, -0.2) is 4.79 Å². The number of H-pyrrole nitrogens is 1. The van der Waals surface area contributed by atoms with Gasteiger partial charge < -0.3 is 14.6 Å². The highest BCUT2D eigenvalue weighted by molar-refractivity contribution is 6.05. The van der Waals surface area contributed by atoms with Crippen LogP contribution in [0.15, 0.2) is 24.3 Å². The third-order valence-electron chi connectivity index (χ3n) is 5.66. The lowest BCUT2D eigenvalue weighted by Gasteiger charge is -2.47. The standard InChI is InChI=1S/C21H26N2O3/c1-5-12-13-10-11-23(20(25)26-21(2,3)4)18(12)16-14-8-6-7-9-15(14)22-17(16)19(13)24/h6-9,12-13,18,22H,5,10-11H2,1-4H3/t12-,13-,18+/m0/s1. The molecule has 0 radical (unpaired) electrons. The number of ether oxygens (including phenoxy) is 1. The van der Waals surface area contributed by atoms with Crippen molar-refractivity contribution in [3.8, 4) is 0 Å². The summed E-state index contributed by atoms with van der Waals surface area (Å²) >= 11 is 0. The van der Waals surface area contributed by atoms with Gasteiger partial charge >= 0.3 is 6.09 Å². The molecule has 1 fully saturated rings. The minimum atomic E-state index is -0.539. The molecule has 0 unspecified atom stereocenters. The van der Waals surface area contributed by atoms with Crippen molar-refractivity contribution in [2.45, 2.75) is 52.2 Å². The molecule has 2 aromatic rings. The fourth-order valence-corrected chi connectivity index (χ4v) is 4.66. The van der Waals surface area contributed by atoms with E-state index in [2.05, 4.69) is 11.9 Å². The molecule has 5 heteroatoms. The lowest BCUT2D eigenvalue weighted by molar-refractivity contribution is -0.0134. The number of rotatable bonds is 1. The number of likely N-dealkylation sites (tertiary alicyclic amines) is 1. The van der Waals surface area contributed by atoms with Gasteiger partial charge in [-0.2, -0.15) is 0 Å². The monoisotopic (exact) mass is 354 g/mol. The molecule has 3 atom stereocenters. The molecule has 5 nitrogen and oxygen atoms in total. The van der Waals surface area contributed by atoms with Crippen LogP contribution in [0.2, 0.25) is 0 Å². The average Bonchev–Trinajstić information content (AvgIpc) is 2.96. The molecule has 1 saturated heterocycles. The van der Waals surface area contributed by atoms with E-state index in [0.717, 1.165) is 22.9 Å². The first-order valence-corrected chi connectivity index (χ1v) is 9.46. The van der Waals surface area contributed by atoms with Gasteiger partial charge in [0.2, 0.25) is 0 Å². The lowest BCUT2D eigenvalue weighted by Crippen LogP contribution is -2.52. The van der Waals surface area contributed by atoms with Crippen molar-refractivity contribution in [2.75, 3.05) is 6.54 Å². The fraction of sp³-hybridized carbons (Fsp3) is 0.524. The van der Waals surface area contributed by atoms with Crippen LogP contribution in [0.1, 0.15) is 62.6 Å². The van der Waals surface area contributed by atoms with Gasteiger partial charge in [-0.1, -0.05) is 31.5 Å². The van der Waals surface area contributed by atoms with E-state index in [9.17, 15) is 9.59 Å². The number of ketones is 1. The van der Waals surface area contributed by atoms with Crippen molar-refractivity contribution in [1.29, 1.82) is 0 Å². The van der Waals surface area contributed by atoms with Crippen LogP contribution in [0.5, 0.6) is 0 Å². The summed E-state index contributed by atoms with van der Waals surface area (Å²) in [4.78, 5) is 31.2. The van der Waals surface area contributed by atoms with Gasteiger partial charge in [0.15, 0.2) is 5.78 Å². The van der Waals surface area contributed by atoms with Crippen LogP contribution >= 0.6 is 0 Å². The van der Waals surface area contributed by atoms with Gasteiger partial charge in [-0.15, -0.1) is 0 Å². The summed E-state index contributed by atoms with van der Waals surface area (Å²) in [5.74, 6) is 0.308. The molecule has 2 heterocycles. The van der Waals surface area contributed by atoms with E-state index >= 15 is 0 Å². The number of carbonyl (C=O) groups is 2. The van der Waals surface area contributed by atoms with Crippen molar-refractivity contribution >= 4 is 22.8 Å². The van der Waals surface area contributed by atoms with Crippen LogP contribution < -0.4 is 0 Å². The number of carbonyl (C=O) groups excluding carboxylic acids is 2. The molecule has 0 spiro atoms. The zero-order chi connectivity index (χ0) is 18.6. The molecule has 26 heavy (non-hydrogen) atoms. The van der Waals surface area contributed by atoms with Gasteiger partial charge in [-0.05, 0) is 39.2 Å². The van der Waals surface area contributed by atoms with Crippen LogP contribution in [0.4, 0.5) is 4.79 Å². The van der Waals surface area contributed by atoms with Crippen molar-refractivity contribution in [3.63, 3.8) is 0 Å². The average molecular weight is 354 g/mol. The number of hydrogen-bond acceptors (Lipinski definition) is 3. The summed E-state index contributed by atoms with van der Waals surface area (Å²) in [6.07, 6.45) is 1.27. The van der Waals surface area contributed by atoms with Gasteiger partial charge in [0.1, 0.15) is 5.60 Å². The second-order valence-electron chi connectivity index (χ2n) is 8.41. The lowest BCUT2D eigenvalue weighted by atomic mass is 9.68. The number of hydrogen-bond donors (Lipinski definition) is 1. The normalized spacial score (nSPS) is 25.3. The zero-order valence-corrected chi connectivity index (χ0v) is 15.8. The van der Waals surface area contributed by atoms with E-state index in [-0.39, 0.29) is 29.8 Å². The maximum absolute atomic E-state index is 13.1. The smallest absolute Gasteiger partial charge is 0.410 e. The molecule has 1 amide bonds. The van der Waals surface area contributed by atoms with E-state index in [0.29, 0.717) is 18.7 Å². The number of piperidine rings is 1. The first kappa shape index (κ1) is 17.1. The Morgan fingerprint density at radius 3 is 2.73 bits per heavy atom. The highest BCUT2D eigenvalue weighted by atomic mass is 16.6. The van der Waals surface area contributed by atoms with Gasteiger partial charge in [0.25, 0.3) is 0 Å². The number of benzene rings is 1. The minimum Gasteiger partial charge on any atom is -0.444 e. The van der Waals surface area contributed by atoms with Crippen molar-refractivity contribution in [3.05, 3.63) is 35.5 Å². The van der Waals surface area contributed by atoms with E-state index in [1.54, 1.807) is 0 Å². The Hall–Kier alpha value is -2.30. The van der Waals surface area contributed by atoms with Crippen molar-refractivity contribution < 1.29 is 14.3 Å². The molecule has 0 saturated carbocycles. The quantitative estimate of drug-likeness (QED) is 0.808. The summed E-state index contributed by atoms with van der Waals surface area (Å²) in [5, 5.41) is 1.04. The molecular formula is C21H26N2O3. The number of aromatic nitrogens is 1. The SMILES string of the molecule is CC[C@H]1[C@@H]2CCN(C(=O)OC(C)(C)C)[C@H]1c1c([nH]c3ccccc13)C2=O. The Labute approximate surface area is 153 Å². The number of nitrogens with zero attached hydrogens (tertiary/aromatic N) is 1. The van der Waals surface area contributed by atoms with Crippen LogP contribution in [-0.2, 0) is 4.74 Å². The maximum atomic E-state index is 13.1. The summed E-state index contributed by atoms with van der Waals surface area (Å²) in [6, 6.07) is 7.85.